The second kappa shape index (κ2) is 9.51. The molecule has 0 radical (unpaired) electrons. The summed E-state index contributed by atoms with van der Waals surface area (Å²) in [6, 6.07) is 26.5. The Morgan fingerprint density at radius 3 is 1.97 bits per heavy atom. The van der Waals surface area contributed by atoms with Gasteiger partial charge in [0.15, 0.2) is 0 Å². The third-order valence-corrected chi connectivity index (χ3v) is 6.41. The van der Waals surface area contributed by atoms with Crippen LogP contribution in [-0.2, 0) is 15.1 Å². The average molecular weight is 456 g/mol. The molecule has 0 aromatic heterocycles. The van der Waals surface area contributed by atoms with Gasteiger partial charge < -0.3 is 10.6 Å². The van der Waals surface area contributed by atoms with Crippen LogP contribution in [0.25, 0.3) is 0 Å². The summed E-state index contributed by atoms with van der Waals surface area (Å²) in [6.45, 7) is 5.22. The number of carbonyl (C=O) groups excluding carboxylic acids is 3. The zero-order chi connectivity index (χ0) is 24.3. The number of nitrogens with one attached hydrogen (secondary N) is 2. The van der Waals surface area contributed by atoms with Gasteiger partial charge in [-0.15, -0.1) is 0 Å². The molecule has 0 bridgehead atoms. The van der Waals surface area contributed by atoms with Crippen molar-refractivity contribution in [3.8, 4) is 0 Å². The van der Waals surface area contributed by atoms with Gasteiger partial charge in [0, 0.05) is 12.0 Å². The highest BCUT2D eigenvalue weighted by Crippen LogP contribution is 2.30. The van der Waals surface area contributed by atoms with Gasteiger partial charge >= 0.3 is 6.03 Å². The molecular formula is C28H29N3O3. The van der Waals surface area contributed by atoms with Crippen LogP contribution in [0, 0.1) is 6.92 Å². The normalized spacial score (nSPS) is 18.6. The second-order valence-electron chi connectivity index (χ2n) is 8.97. The van der Waals surface area contributed by atoms with Gasteiger partial charge in [0.25, 0.3) is 5.91 Å². The lowest BCUT2D eigenvalue weighted by Gasteiger charge is -2.27. The van der Waals surface area contributed by atoms with E-state index >= 15 is 0 Å². The fourth-order valence-electron chi connectivity index (χ4n) is 4.54. The first kappa shape index (κ1) is 23.2. The van der Waals surface area contributed by atoms with Crippen molar-refractivity contribution in [1.82, 2.24) is 15.5 Å². The summed E-state index contributed by atoms with van der Waals surface area (Å²) in [7, 11) is 0. The molecule has 0 aliphatic carbocycles. The second-order valence-corrected chi connectivity index (χ2v) is 8.97. The molecule has 3 aromatic rings. The van der Waals surface area contributed by atoms with Crippen LogP contribution < -0.4 is 10.6 Å². The first-order chi connectivity index (χ1) is 16.3. The molecule has 0 spiro atoms. The molecule has 1 heterocycles. The van der Waals surface area contributed by atoms with Gasteiger partial charge in [-0.2, -0.15) is 0 Å². The number of rotatable bonds is 7. The first-order valence-corrected chi connectivity index (χ1v) is 11.4. The van der Waals surface area contributed by atoms with Crippen molar-refractivity contribution >= 4 is 17.8 Å². The molecule has 0 saturated carbocycles. The van der Waals surface area contributed by atoms with Gasteiger partial charge in [-0.05, 0) is 37.5 Å². The summed E-state index contributed by atoms with van der Waals surface area (Å²) < 4.78 is 0. The number of hydrogen-bond acceptors (Lipinski definition) is 3. The lowest BCUT2D eigenvalue weighted by atomic mass is 9.86. The molecule has 3 aromatic carbocycles. The lowest BCUT2D eigenvalue weighted by Crippen LogP contribution is -2.46. The Bertz CT molecular complexity index is 1140. The van der Waals surface area contributed by atoms with Gasteiger partial charge in [0.1, 0.15) is 12.1 Å². The van der Waals surface area contributed by atoms with Crippen molar-refractivity contribution in [2.75, 3.05) is 6.54 Å². The molecule has 4 rings (SSSR count). The topological polar surface area (TPSA) is 78.5 Å². The van der Waals surface area contributed by atoms with E-state index in [1.165, 1.54) is 0 Å². The number of urea groups is 1. The maximum atomic E-state index is 13.2. The minimum Gasteiger partial charge on any atom is -0.351 e. The van der Waals surface area contributed by atoms with Crippen LogP contribution >= 0.6 is 0 Å². The fourth-order valence-corrected chi connectivity index (χ4v) is 4.54. The highest BCUT2D eigenvalue weighted by molar-refractivity contribution is 6.09. The van der Waals surface area contributed by atoms with Crippen LogP contribution in [0.2, 0.25) is 0 Å². The summed E-state index contributed by atoms with van der Waals surface area (Å²) in [5.74, 6) is -0.903. The molecule has 1 saturated heterocycles. The van der Waals surface area contributed by atoms with E-state index in [9.17, 15) is 14.4 Å². The SMILES string of the molecule is Cc1ccc(C2(C)NC(=O)N(CC(=O)NC(C)C(c3ccccc3)c3ccccc3)C2=O)cc1. The third-order valence-electron chi connectivity index (χ3n) is 6.41. The summed E-state index contributed by atoms with van der Waals surface area (Å²) >= 11 is 0. The maximum absolute atomic E-state index is 13.2. The standard InChI is InChI=1S/C28H29N3O3/c1-19-14-16-23(17-15-19)28(3)26(33)31(27(34)30-28)18-24(32)29-20(2)25(21-10-6-4-7-11-21)22-12-8-5-9-13-22/h4-17,20,25H,18H2,1-3H3,(H,29,32)(H,30,34). The summed E-state index contributed by atoms with van der Waals surface area (Å²) in [5, 5.41) is 5.76. The van der Waals surface area contributed by atoms with E-state index in [4.69, 9.17) is 0 Å². The van der Waals surface area contributed by atoms with Gasteiger partial charge in [-0.3, -0.25) is 14.5 Å². The number of hydrogen-bond donors (Lipinski definition) is 2. The van der Waals surface area contributed by atoms with E-state index in [0.29, 0.717) is 5.56 Å². The van der Waals surface area contributed by atoms with Crippen molar-refractivity contribution in [3.05, 3.63) is 107 Å². The molecule has 6 heteroatoms. The van der Waals surface area contributed by atoms with Crippen LogP contribution in [0.5, 0.6) is 0 Å². The molecule has 2 N–H and O–H groups in total. The Morgan fingerprint density at radius 1 is 0.912 bits per heavy atom. The highest BCUT2D eigenvalue weighted by Gasteiger charge is 2.49. The summed E-state index contributed by atoms with van der Waals surface area (Å²) in [5.41, 5.74) is 2.68. The summed E-state index contributed by atoms with van der Waals surface area (Å²) in [6.07, 6.45) is 0. The summed E-state index contributed by atoms with van der Waals surface area (Å²) in [4.78, 5) is 39.8. The van der Waals surface area contributed by atoms with Crippen LogP contribution in [-0.4, -0.2) is 35.3 Å². The Kier molecular flexibility index (Phi) is 6.50. The maximum Gasteiger partial charge on any atom is 0.325 e. The van der Waals surface area contributed by atoms with Crippen molar-refractivity contribution in [3.63, 3.8) is 0 Å². The third kappa shape index (κ3) is 4.57. The van der Waals surface area contributed by atoms with Crippen LogP contribution in [0.1, 0.15) is 42.0 Å². The van der Waals surface area contributed by atoms with Crippen molar-refractivity contribution < 1.29 is 14.4 Å². The van der Waals surface area contributed by atoms with Crippen LogP contribution in [0.15, 0.2) is 84.9 Å². The Balaban J connectivity index is 1.49. The molecule has 6 nitrogen and oxygen atoms in total. The van der Waals surface area contributed by atoms with Gasteiger partial charge in [-0.1, -0.05) is 90.5 Å². The van der Waals surface area contributed by atoms with Crippen molar-refractivity contribution in [1.29, 1.82) is 0 Å². The Hall–Kier alpha value is -3.93. The number of amides is 4. The Morgan fingerprint density at radius 2 is 1.44 bits per heavy atom. The molecular weight excluding hydrogens is 426 g/mol. The van der Waals surface area contributed by atoms with Crippen molar-refractivity contribution in [2.24, 2.45) is 0 Å². The van der Waals surface area contributed by atoms with E-state index in [0.717, 1.165) is 21.6 Å². The largest absolute Gasteiger partial charge is 0.351 e. The molecule has 2 atom stereocenters. The van der Waals surface area contributed by atoms with Gasteiger partial charge in [-0.25, -0.2) is 4.79 Å². The predicted molar refractivity (Wildman–Crippen MR) is 131 cm³/mol. The number of benzene rings is 3. The number of aryl methyl sites for hydroxylation is 1. The van der Waals surface area contributed by atoms with E-state index in [-0.39, 0.29) is 24.4 Å². The smallest absolute Gasteiger partial charge is 0.325 e. The molecule has 1 aliphatic rings. The molecule has 174 valence electrons. The molecule has 1 aliphatic heterocycles. The zero-order valence-electron chi connectivity index (χ0n) is 19.6. The van der Waals surface area contributed by atoms with E-state index < -0.39 is 17.5 Å². The van der Waals surface area contributed by atoms with Crippen LogP contribution in [0.4, 0.5) is 4.79 Å². The van der Waals surface area contributed by atoms with E-state index in [1.807, 2.05) is 98.8 Å². The first-order valence-electron chi connectivity index (χ1n) is 11.4. The molecule has 34 heavy (non-hydrogen) atoms. The molecule has 4 amide bonds. The van der Waals surface area contributed by atoms with Crippen molar-refractivity contribution in [2.45, 2.75) is 38.3 Å². The van der Waals surface area contributed by atoms with E-state index in [2.05, 4.69) is 10.6 Å². The predicted octanol–water partition coefficient (Wildman–Crippen LogP) is 4.10. The lowest BCUT2D eigenvalue weighted by molar-refractivity contribution is -0.135. The van der Waals surface area contributed by atoms with Gasteiger partial charge in [0.2, 0.25) is 5.91 Å². The number of nitrogens with zero attached hydrogens (tertiary/aromatic N) is 1. The van der Waals surface area contributed by atoms with Gasteiger partial charge in [0.05, 0.1) is 0 Å². The number of carbonyl (C=O) groups is 3. The monoisotopic (exact) mass is 455 g/mol. The van der Waals surface area contributed by atoms with Crippen LogP contribution in [0.3, 0.4) is 0 Å². The minimum absolute atomic E-state index is 0.0766. The highest BCUT2D eigenvalue weighted by atomic mass is 16.2. The zero-order valence-corrected chi connectivity index (χ0v) is 19.6. The molecule has 2 unspecified atom stereocenters. The quantitative estimate of drug-likeness (QED) is 0.527. The number of imide groups is 1. The molecule has 1 fully saturated rings. The minimum atomic E-state index is -1.20. The fraction of sp³-hybridized carbons (Fsp3) is 0.250. The Labute approximate surface area is 200 Å². The average Bonchev–Trinajstić information content (AvgIpc) is 3.04. The van der Waals surface area contributed by atoms with E-state index in [1.54, 1.807) is 6.92 Å².